The van der Waals surface area contributed by atoms with Gasteiger partial charge in [0.15, 0.2) is 5.13 Å². The van der Waals surface area contributed by atoms with Gasteiger partial charge in [-0.1, -0.05) is 35.5 Å². The minimum atomic E-state index is -0.221. The van der Waals surface area contributed by atoms with Gasteiger partial charge in [-0.05, 0) is 24.3 Å². The van der Waals surface area contributed by atoms with Crippen molar-refractivity contribution in [1.82, 2.24) is 20.0 Å². The number of fused-ring (bicyclic) bond motifs is 1. The average Bonchev–Trinajstić information content (AvgIpc) is 3.13. The summed E-state index contributed by atoms with van der Waals surface area (Å²) in [6.07, 6.45) is 0. The first-order valence-electron chi connectivity index (χ1n) is 8.26. The second-order valence-corrected chi connectivity index (χ2v) is 6.72. The van der Waals surface area contributed by atoms with Crippen LogP contribution in [0.5, 0.6) is 0 Å². The molecule has 7 nitrogen and oxygen atoms in total. The molecule has 0 aliphatic heterocycles. The fourth-order valence-corrected chi connectivity index (χ4v) is 3.63. The molecule has 0 unspecified atom stereocenters. The number of carbonyl (C=O) groups excluding carboxylic acids is 1. The number of para-hydroxylation sites is 1. The van der Waals surface area contributed by atoms with Gasteiger partial charge in [-0.15, -0.1) is 16.4 Å². The number of aromatic nitrogens is 4. The summed E-state index contributed by atoms with van der Waals surface area (Å²) in [5.41, 5.74) is 1.73. The number of amides is 1. The molecule has 0 saturated heterocycles. The lowest BCUT2D eigenvalue weighted by atomic mass is 10.2. The van der Waals surface area contributed by atoms with Crippen LogP contribution in [0.25, 0.3) is 10.9 Å². The molecule has 27 heavy (non-hydrogen) atoms. The van der Waals surface area contributed by atoms with Gasteiger partial charge >= 0.3 is 0 Å². The Balaban J connectivity index is 1.66. The maximum Gasteiger partial charge on any atom is 0.277 e. The summed E-state index contributed by atoms with van der Waals surface area (Å²) < 4.78 is 1.28. The highest BCUT2D eigenvalue weighted by atomic mass is 32.1. The molecule has 4 rings (SSSR count). The standard InChI is InChI=1S/C19H15N5O2S/c1-13(25)24(15-7-3-2-4-8-15)19-20-14(12-27-19)11-23-18(26)16-9-5-6-10-17(16)21-22-23/h2-10,12H,11H2,1H3. The van der Waals surface area contributed by atoms with Gasteiger partial charge in [-0.3, -0.25) is 14.5 Å². The predicted octanol–water partition coefficient (Wildman–Crippen LogP) is 2.98. The predicted molar refractivity (Wildman–Crippen MR) is 104 cm³/mol. The van der Waals surface area contributed by atoms with Crippen LogP contribution in [0.3, 0.4) is 0 Å². The Morgan fingerprint density at radius 3 is 2.63 bits per heavy atom. The minimum Gasteiger partial charge on any atom is -0.274 e. The summed E-state index contributed by atoms with van der Waals surface area (Å²) in [4.78, 5) is 30.8. The van der Waals surface area contributed by atoms with Gasteiger partial charge in [0, 0.05) is 12.3 Å². The van der Waals surface area contributed by atoms with E-state index in [1.807, 2.05) is 41.8 Å². The molecule has 0 N–H and O–H groups in total. The van der Waals surface area contributed by atoms with E-state index in [1.54, 1.807) is 23.1 Å². The van der Waals surface area contributed by atoms with Gasteiger partial charge in [0.05, 0.1) is 23.3 Å². The normalized spacial score (nSPS) is 10.9. The first-order chi connectivity index (χ1) is 13.1. The Morgan fingerprint density at radius 1 is 1.11 bits per heavy atom. The maximum absolute atomic E-state index is 12.6. The van der Waals surface area contributed by atoms with Gasteiger partial charge in [-0.25, -0.2) is 9.67 Å². The SMILES string of the molecule is CC(=O)N(c1ccccc1)c1nc(Cn2nnc3ccccc3c2=O)cs1. The summed E-state index contributed by atoms with van der Waals surface area (Å²) in [5.74, 6) is -0.134. The van der Waals surface area contributed by atoms with Crippen LogP contribution < -0.4 is 10.5 Å². The third-order valence-electron chi connectivity index (χ3n) is 4.00. The molecule has 2 aromatic carbocycles. The summed E-state index contributed by atoms with van der Waals surface area (Å²) in [7, 11) is 0. The van der Waals surface area contributed by atoms with Gasteiger partial charge in [0.2, 0.25) is 5.91 Å². The molecule has 0 fully saturated rings. The van der Waals surface area contributed by atoms with Crippen molar-refractivity contribution in [3.05, 3.63) is 76.0 Å². The van der Waals surface area contributed by atoms with E-state index in [-0.39, 0.29) is 18.0 Å². The number of benzene rings is 2. The fraction of sp³-hybridized carbons (Fsp3) is 0.105. The van der Waals surface area contributed by atoms with E-state index >= 15 is 0 Å². The lowest BCUT2D eigenvalue weighted by Crippen LogP contribution is -2.25. The van der Waals surface area contributed by atoms with Crippen molar-refractivity contribution in [1.29, 1.82) is 0 Å². The second kappa shape index (κ2) is 7.08. The van der Waals surface area contributed by atoms with Crippen molar-refractivity contribution in [3.8, 4) is 0 Å². The Hall–Kier alpha value is -3.39. The third kappa shape index (κ3) is 3.34. The average molecular weight is 377 g/mol. The number of anilines is 2. The van der Waals surface area contributed by atoms with E-state index in [0.29, 0.717) is 21.7 Å². The van der Waals surface area contributed by atoms with Crippen molar-refractivity contribution in [2.24, 2.45) is 0 Å². The van der Waals surface area contributed by atoms with Crippen LogP contribution in [-0.4, -0.2) is 25.9 Å². The number of thiazole rings is 1. The number of nitrogens with zero attached hydrogens (tertiary/aromatic N) is 5. The summed E-state index contributed by atoms with van der Waals surface area (Å²) >= 11 is 1.34. The highest BCUT2D eigenvalue weighted by Gasteiger charge is 2.18. The molecule has 0 saturated carbocycles. The van der Waals surface area contributed by atoms with Crippen LogP contribution in [0.2, 0.25) is 0 Å². The quantitative estimate of drug-likeness (QED) is 0.546. The molecule has 134 valence electrons. The van der Waals surface area contributed by atoms with Crippen LogP contribution in [0.15, 0.2) is 64.8 Å². The Labute approximate surface area is 158 Å². The van der Waals surface area contributed by atoms with Crippen molar-refractivity contribution >= 4 is 39.0 Å². The summed E-state index contributed by atoms with van der Waals surface area (Å²) in [6.45, 7) is 1.68. The van der Waals surface area contributed by atoms with Crippen LogP contribution in [-0.2, 0) is 11.3 Å². The molecular weight excluding hydrogens is 362 g/mol. The highest BCUT2D eigenvalue weighted by molar-refractivity contribution is 7.14. The van der Waals surface area contributed by atoms with E-state index < -0.39 is 0 Å². The second-order valence-electron chi connectivity index (χ2n) is 5.88. The molecule has 8 heteroatoms. The Kier molecular flexibility index (Phi) is 4.47. The topological polar surface area (TPSA) is 81.0 Å². The van der Waals surface area contributed by atoms with Crippen molar-refractivity contribution < 1.29 is 4.79 Å². The zero-order valence-electron chi connectivity index (χ0n) is 14.4. The van der Waals surface area contributed by atoms with Crippen LogP contribution in [0.4, 0.5) is 10.8 Å². The lowest BCUT2D eigenvalue weighted by Gasteiger charge is -2.17. The van der Waals surface area contributed by atoms with Gasteiger partial charge in [0.1, 0.15) is 5.52 Å². The molecule has 0 aliphatic carbocycles. The minimum absolute atomic E-state index is 0.134. The lowest BCUT2D eigenvalue weighted by molar-refractivity contribution is -0.115. The van der Waals surface area contributed by atoms with Gasteiger partial charge in [-0.2, -0.15) is 0 Å². The van der Waals surface area contributed by atoms with E-state index in [0.717, 1.165) is 5.69 Å². The first-order valence-corrected chi connectivity index (χ1v) is 9.14. The fourth-order valence-electron chi connectivity index (χ4n) is 2.76. The number of carbonyl (C=O) groups is 1. The molecule has 0 bridgehead atoms. The largest absolute Gasteiger partial charge is 0.277 e. The number of hydrogen-bond donors (Lipinski definition) is 0. The van der Waals surface area contributed by atoms with E-state index in [4.69, 9.17) is 0 Å². The summed E-state index contributed by atoms with van der Waals surface area (Å²) in [5, 5.41) is 10.9. The molecule has 0 aliphatic rings. The zero-order valence-corrected chi connectivity index (χ0v) is 15.3. The monoisotopic (exact) mass is 377 g/mol. The van der Waals surface area contributed by atoms with E-state index in [9.17, 15) is 9.59 Å². The van der Waals surface area contributed by atoms with Gasteiger partial charge < -0.3 is 0 Å². The molecule has 2 aromatic heterocycles. The van der Waals surface area contributed by atoms with Crippen molar-refractivity contribution in [3.63, 3.8) is 0 Å². The molecule has 4 aromatic rings. The maximum atomic E-state index is 12.6. The smallest absolute Gasteiger partial charge is 0.274 e. The highest BCUT2D eigenvalue weighted by Crippen LogP contribution is 2.28. The zero-order chi connectivity index (χ0) is 18.8. The van der Waals surface area contributed by atoms with E-state index in [2.05, 4.69) is 15.3 Å². The molecule has 0 spiro atoms. The van der Waals surface area contributed by atoms with Crippen LogP contribution in [0.1, 0.15) is 12.6 Å². The number of hydrogen-bond acceptors (Lipinski definition) is 6. The van der Waals surface area contributed by atoms with Crippen LogP contribution in [0, 0.1) is 0 Å². The molecular formula is C19H15N5O2S. The molecule has 0 radical (unpaired) electrons. The summed E-state index contributed by atoms with van der Waals surface area (Å²) in [6, 6.07) is 16.4. The van der Waals surface area contributed by atoms with E-state index in [1.165, 1.54) is 22.9 Å². The molecule has 1 amide bonds. The molecule has 0 atom stereocenters. The first kappa shape index (κ1) is 17.0. The van der Waals surface area contributed by atoms with Crippen molar-refractivity contribution in [2.75, 3.05) is 4.90 Å². The Bertz CT molecular complexity index is 1170. The van der Waals surface area contributed by atoms with Crippen LogP contribution >= 0.6 is 11.3 Å². The third-order valence-corrected chi connectivity index (χ3v) is 4.88. The number of rotatable bonds is 4. The van der Waals surface area contributed by atoms with Crippen molar-refractivity contribution in [2.45, 2.75) is 13.5 Å². The Morgan fingerprint density at radius 2 is 1.85 bits per heavy atom. The van der Waals surface area contributed by atoms with Gasteiger partial charge in [0.25, 0.3) is 5.56 Å². The molecule has 2 heterocycles.